The highest BCUT2D eigenvalue weighted by atomic mass is 16.6. The lowest BCUT2D eigenvalue weighted by atomic mass is 10.00. The minimum atomic E-state index is -0.376. The second kappa shape index (κ2) is 22.6. The van der Waals surface area contributed by atoms with E-state index in [1.807, 2.05) is 6.92 Å². The van der Waals surface area contributed by atoms with Gasteiger partial charge in [0.05, 0.1) is 36.6 Å². The van der Waals surface area contributed by atoms with E-state index in [2.05, 4.69) is 13.0 Å². The summed E-state index contributed by atoms with van der Waals surface area (Å²) < 4.78 is 17.9. The molecule has 256 valence electrons. The highest BCUT2D eigenvalue weighted by Crippen LogP contribution is 2.34. The molecule has 0 aromatic heterocycles. The lowest BCUT2D eigenvalue weighted by Gasteiger charge is -2.24. The van der Waals surface area contributed by atoms with Gasteiger partial charge < -0.3 is 24.4 Å². The fourth-order valence-corrected chi connectivity index (χ4v) is 7.34. The molecule has 6 nitrogen and oxygen atoms in total. The van der Waals surface area contributed by atoms with Crippen molar-refractivity contribution in [2.45, 2.75) is 224 Å². The summed E-state index contributed by atoms with van der Waals surface area (Å²) in [6, 6.07) is 0. The van der Waals surface area contributed by atoms with Gasteiger partial charge in [-0.25, -0.2) is 4.79 Å². The van der Waals surface area contributed by atoms with Crippen LogP contribution in [0.2, 0.25) is 0 Å². The van der Waals surface area contributed by atoms with E-state index in [0.29, 0.717) is 0 Å². The average molecular weight is 621 g/mol. The Morgan fingerprint density at radius 2 is 1.09 bits per heavy atom. The Balaban J connectivity index is 1.11. The number of ether oxygens (including phenoxy) is 3. The van der Waals surface area contributed by atoms with E-state index in [0.717, 1.165) is 76.2 Å². The van der Waals surface area contributed by atoms with Crippen molar-refractivity contribution in [1.29, 1.82) is 0 Å². The summed E-state index contributed by atoms with van der Waals surface area (Å²) in [5.74, 6) is -0.107. The van der Waals surface area contributed by atoms with Crippen LogP contribution < -0.4 is 0 Å². The van der Waals surface area contributed by atoms with Crippen LogP contribution in [0, 0.1) is 0 Å². The molecular formula is C38H68O6. The SMILES string of the molecule is CCCCCCCCCC[C@@H](O)[C@H]1CC[C@H]([C@H]2CC[C@H]([C@H](O)CCCCCCCCCCCCC3=CC[C@H](C)OC3=O)O2)O1. The normalized spacial score (nSPS) is 27.0. The van der Waals surface area contributed by atoms with Crippen LogP contribution in [0.5, 0.6) is 0 Å². The summed E-state index contributed by atoms with van der Waals surface area (Å²) in [6.07, 6.45) is 31.0. The first-order chi connectivity index (χ1) is 21.5. The lowest BCUT2D eigenvalue weighted by molar-refractivity contribution is -0.144. The summed E-state index contributed by atoms with van der Waals surface area (Å²) in [4.78, 5) is 11.9. The number of aliphatic hydroxyl groups is 2. The van der Waals surface area contributed by atoms with Crippen LogP contribution in [-0.4, -0.2) is 58.9 Å². The number of esters is 1. The van der Waals surface area contributed by atoms with Crippen molar-refractivity contribution in [1.82, 2.24) is 0 Å². The molecular weight excluding hydrogens is 552 g/mol. The predicted octanol–water partition coefficient (Wildman–Crippen LogP) is 9.28. The van der Waals surface area contributed by atoms with E-state index in [-0.39, 0.29) is 48.7 Å². The molecule has 0 bridgehead atoms. The van der Waals surface area contributed by atoms with Crippen molar-refractivity contribution in [3.8, 4) is 0 Å². The molecule has 0 unspecified atom stereocenters. The summed E-state index contributed by atoms with van der Waals surface area (Å²) in [6.45, 7) is 4.20. The monoisotopic (exact) mass is 621 g/mol. The van der Waals surface area contributed by atoms with Gasteiger partial charge in [-0.05, 0) is 58.3 Å². The van der Waals surface area contributed by atoms with Gasteiger partial charge in [0.2, 0.25) is 0 Å². The van der Waals surface area contributed by atoms with Crippen molar-refractivity contribution in [3.63, 3.8) is 0 Å². The van der Waals surface area contributed by atoms with E-state index >= 15 is 0 Å². The zero-order valence-corrected chi connectivity index (χ0v) is 28.5. The minimum absolute atomic E-state index is 0.0341. The van der Waals surface area contributed by atoms with E-state index in [1.165, 1.54) is 96.3 Å². The zero-order chi connectivity index (χ0) is 31.4. The summed E-state index contributed by atoms with van der Waals surface area (Å²) in [7, 11) is 0. The Bertz CT molecular complexity index is 783. The maximum atomic E-state index is 11.9. The lowest BCUT2D eigenvalue weighted by Crippen LogP contribution is -2.33. The first kappa shape index (κ1) is 37.5. The number of unbranched alkanes of at least 4 members (excludes halogenated alkanes) is 16. The highest BCUT2D eigenvalue weighted by Gasteiger charge is 2.40. The molecule has 7 atom stereocenters. The largest absolute Gasteiger partial charge is 0.459 e. The Morgan fingerprint density at radius 1 is 0.659 bits per heavy atom. The Morgan fingerprint density at radius 3 is 1.55 bits per heavy atom. The molecule has 3 rings (SSSR count). The predicted molar refractivity (Wildman–Crippen MR) is 179 cm³/mol. The van der Waals surface area contributed by atoms with Gasteiger partial charge in [-0.1, -0.05) is 122 Å². The molecule has 2 N–H and O–H groups in total. The van der Waals surface area contributed by atoms with Crippen LogP contribution in [0.15, 0.2) is 11.6 Å². The number of hydrogen-bond donors (Lipinski definition) is 2. The van der Waals surface area contributed by atoms with Crippen LogP contribution in [0.3, 0.4) is 0 Å². The number of carbonyl (C=O) groups is 1. The van der Waals surface area contributed by atoms with E-state index in [1.54, 1.807) is 0 Å². The molecule has 2 fully saturated rings. The number of cyclic esters (lactones) is 1. The van der Waals surface area contributed by atoms with Crippen LogP contribution in [0.4, 0.5) is 0 Å². The third-order valence-corrected chi connectivity index (χ3v) is 10.3. The molecule has 0 saturated carbocycles. The molecule has 0 radical (unpaired) electrons. The van der Waals surface area contributed by atoms with Gasteiger partial charge in [0.25, 0.3) is 0 Å². The average Bonchev–Trinajstić information content (AvgIpc) is 3.70. The second-order valence-corrected chi connectivity index (χ2v) is 14.2. The van der Waals surface area contributed by atoms with Gasteiger partial charge in [0, 0.05) is 12.0 Å². The topological polar surface area (TPSA) is 85.2 Å². The number of carbonyl (C=O) groups excluding carboxylic acids is 1. The van der Waals surface area contributed by atoms with Crippen LogP contribution >= 0.6 is 0 Å². The van der Waals surface area contributed by atoms with Crippen molar-refractivity contribution in [2.24, 2.45) is 0 Å². The van der Waals surface area contributed by atoms with Gasteiger partial charge in [-0.2, -0.15) is 0 Å². The number of rotatable bonds is 25. The molecule has 0 aliphatic carbocycles. The molecule has 44 heavy (non-hydrogen) atoms. The summed E-state index contributed by atoms with van der Waals surface area (Å²) >= 11 is 0. The van der Waals surface area contributed by atoms with Crippen molar-refractivity contribution < 1.29 is 29.2 Å². The molecule has 3 aliphatic rings. The summed E-state index contributed by atoms with van der Waals surface area (Å²) in [5.41, 5.74) is 0.879. The maximum Gasteiger partial charge on any atom is 0.333 e. The van der Waals surface area contributed by atoms with Gasteiger partial charge in [-0.3, -0.25) is 0 Å². The summed E-state index contributed by atoms with van der Waals surface area (Å²) in [5, 5.41) is 21.5. The van der Waals surface area contributed by atoms with Crippen LogP contribution in [-0.2, 0) is 19.0 Å². The van der Waals surface area contributed by atoms with Gasteiger partial charge >= 0.3 is 5.97 Å². The molecule has 3 heterocycles. The first-order valence-corrected chi connectivity index (χ1v) is 19.0. The van der Waals surface area contributed by atoms with Gasteiger partial charge in [0.15, 0.2) is 0 Å². The molecule has 2 saturated heterocycles. The standard InChI is InChI=1S/C38H68O6/c1-3-4-5-6-7-13-16-19-22-32(39)34-26-28-36(43-34)37-29-27-35(44-37)33(40)23-20-17-14-11-9-8-10-12-15-18-21-31-25-24-30(2)42-38(31)41/h25,30,32-37,39-40H,3-24,26-29H2,1-2H3/t30-,32+,33+,34+,35+,36+,37+/m0/s1. The van der Waals surface area contributed by atoms with E-state index < -0.39 is 0 Å². The van der Waals surface area contributed by atoms with Gasteiger partial charge in [0.1, 0.15) is 6.10 Å². The molecule has 0 spiro atoms. The van der Waals surface area contributed by atoms with Crippen LogP contribution in [0.1, 0.15) is 181 Å². The molecule has 3 aliphatic heterocycles. The second-order valence-electron chi connectivity index (χ2n) is 14.2. The third-order valence-electron chi connectivity index (χ3n) is 10.3. The fourth-order valence-electron chi connectivity index (χ4n) is 7.34. The van der Waals surface area contributed by atoms with Crippen molar-refractivity contribution in [2.75, 3.05) is 0 Å². The first-order valence-electron chi connectivity index (χ1n) is 19.0. The molecule has 0 amide bonds. The van der Waals surface area contributed by atoms with E-state index in [9.17, 15) is 15.0 Å². The highest BCUT2D eigenvalue weighted by molar-refractivity contribution is 5.89. The molecule has 0 aromatic rings. The van der Waals surface area contributed by atoms with Crippen molar-refractivity contribution >= 4 is 5.97 Å². The zero-order valence-electron chi connectivity index (χ0n) is 28.5. The Kier molecular flexibility index (Phi) is 19.2. The van der Waals surface area contributed by atoms with Crippen LogP contribution in [0.25, 0.3) is 0 Å². The Labute approximate surface area is 270 Å². The third kappa shape index (κ3) is 14.6. The number of hydrogen-bond acceptors (Lipinski definition) is 6. The quantitative estimate of drug-likeness (QED) is 0.0782. The smallest absolute Gasteiger partial charge is 0.333 e. The molecule has 6 heteroatoms. The fraction of sp³-hybridized carbons (Fsp3) is 0.921. The van der Waals surface area contributed by atoms with E-state index in [4.69, 9.17) is 14.2 Å². The number of aliphatic hydroxyl groups excluding tert-OH is 2. The van der Waals surface area contributed by atoms with Gasteiger partial charge in [-0.15, -0.1) is 0 Å². The molecule has 0 aromatic carbocycles. The maximum absolute atomic E-state index is 11.9. The Hall–Kier alpha value is -0.950. The minimum Gasteiger partial charge on any atom is -0.459 e. The van der Waals surface area contributed by atoms with Crippen molar-refractivity contribution in [3.05, 3.63) is 11.6 Å².